The highest BCUT2D eigenvalue weighted by Crippen LogP contribution is 2.29. The predicted molar refractivity (Wildman–Crippen MR) is 126 cm³/mol. The molecule has 3 aromatic carbocycles. The molecule has 0 saturated heterocycles. The van der Waals surface area contributed by atoms with Gasteiger partial charge in [-0.25, -0.2) is 0 Å². The van der Waals surface area contributed by atoms with E-state index in [0.717, 1.165) is 12.2 Å². The van der Waals surface area contributed by atoms with E-state index in [2.05, 4.69) is 26.0 Å². The molecule has 0 spiro atoms. The van der Waals surface area contributed by atoms with Gasteiger partial charge in [-0.15, -0.1) is 0 Å². The number of hydrogen-bond acceptors (Lipinski definition) is 3. The normalized spacial score (nSPS) is 11.6. The first kappa shape index (κ1) is 23.8. The molecule has 0 radical (unpaired) electrons. The molecule has 160 valence electrons. The highest BCUT2D eigenvalue weighted by molar-refractivity contribution is 7.96. The second-order valence-electron chi connectivity index (χ2n) is 7.06. The molecule has 3 rings (SSSR count). The zero-order valence-electron chi connectivity index (χ0n) is 18.1. The molecule has 2 N–H and O–H groups in total. The highest BCUT2D eigenvalue weighted by atomic mass is 32.2. The number of aromatic hydroxyl groups is 2. The molecule has 0 amide bonds. The van der Waals surface area contributed by atoms with Crippen LogP contribution in [0, 0.1) is 0 Å². The molecule has 3 aromatic rings. The summed E-state index contributed by atoms with van der Waals surface area (Å²) < 4.78 is 5.14. The van der Waals surface area contributed by atoms with E-state index in [4.69, 9.17) is 4.74 Å². The Kier molecular flexibility index (Phi) is 10.3. The Morgan fingerprint density at radius 2 is 1.27 bits per heavy atom. The van der Waals surface area contributed by atoms with Gasteiger partial charge in [0, 0.05) is 12.7 Å². The van der Waals surface area contributed by atoms with Crippen LogP contribution in [0.15, 0.2) is 88.7 Å². The molecule has 0 aromatic heterocycles. The lowest BCUT2D eigenvalue weighted by atomic mass is 10.2. The average molecular weight is 426 g/mol. The van der Waals surface area contributed by atoms with E-state index in [1.807, 2.05) is 42.5 Å². The van der Waals surface area contributed by atoms with E-state index in [9.17, 15) is 10.2 Å². The van der Waals surface area contributed by atoms with Gasteiger partial charge in [0.1, 0.15) is 17.3 Å². The number of phenolic OH excluding ortho intramolecular Hbond substituents is 2. The van der Waals surface area contributed by atoms with Crippen LogP contribution in [0.2, 0.25) is 0 Å². The third kappa shape index (κ3) is 7.77. The minimum absolute atomic E-state index is 0.141. The van der Waals surface area contributed by atoms with Gasteiger partial charge in [-0.05, 0) is 61.4 Å². The van der Waals surface area contributed by atoms with E-state index in [-0.39, 0.29) is 22.4 Å². The van der Waals surface area contributed by atoms with Gasteiger partial charge in [0.05, 0.1) is 17.0 Å². The summed E-state index contributed by atoms with van der Waals surface area (Å²) in [5.41, 5.74) is 1.27. The van der Waals surface area contributed by atoms with Crippen molar-refractivity contribution in [2.24, 2.45) is 0 Å². The molecule has 1 atom stereocenters. The molecule has 0 fully saturated rings. The van der Waals surface area contributed by atoms with Gasteiger partial charge >= 0.3 is 0 Å². The van der Waals surface area contributed by atoms with Crippen molar-refractivity contribution in [3.8, 4) is 11.5 Å². The van der Waals surface area contributed by atoms with E-state index < -0.39 is 0 Å². The van der Waals surface area contributed by atoms with Gasteiger partial charge in [-0.1, -0.05) is 50.6 Å². The van der Waals surface area contributed by atoms with Crippen LogP contribution < -0.4 is 0 Å². The largest absolute Gasteiger partial charge is 0.508 e. The van der Waals surface area contributed by atoms with Crippen LogP contribution in [-0.4, -0.2) is 23.4 Å². The van der Waals surface area contributed by atoms with Gasteiger partial charge < -0.3 is 14.9 Å². The Balaban J connectivity index is 0.000000343. The molecule has 4 heteroatoms. The summed E-state index contributed by atoms with van der Waals surface area (Å²) in [4.78, 5) is 2.35. The number of phenols is 2. The fraction of sp³-hybridized carbons (Fsp3) is 0.308. The van der Waals surface area contributed by atoms with Crippen molar-refractivity contribution in [1.29, 1.82) is 0 Å². The van der Waals surface area contributed by atoms with Crippen molar-refractivity contribution in [3.63, 3.8) is 0 Å². The Morgan fingerprint density at radius 3 is 1.63 bits per heavy atom. The molecular weight excluding hydrogens is 392 g/mol. The van der Waals surface area contributed by atoms with Crippen LogP contribution >= 0.6 is 0 Å². The van der Waals surface area contributed by atoms with Gasteiger partial charge in [-0.3, -0.25) is 0 Å². The zero-order chi connectivity index (χ0) is 21.8. The zero-order valence-corrected chi connectivity index (χ0v) is 18.9. The van der Waals surface area contributed by atoms with E-state index in [0.29, 0.717) is 6.10 Å². The summed E-state index contributed by atoms with van der Waals surface area (Å²) in [6.07, 6.45) is 4.07. The molecule has 0 bridgehead atoms. The third-order valence-corrected chi connectivity index (χ3v) is 7.10. The lowest BCUT2D eigenvalue weighted by molar-refractivity contribution is 0.0915. The third-order valence-electron chi connectivity index (χ3n) is 4.80. The summed E-state index contributed by atoms with van der Waals surface area (Å²) in [5, 5.41) is 19.0. The van der Waals surface area contributed by atoms with Crippen LogP contribution in [0.5, 0.6) is 11.5 Å². The van der Waals surface area contributed by atoms with Gasteiger partial charge in [0.25, 0.3) is 0 Å². The minimum Gasteiger partial charge on any atom is -0.508 e. The SMILES string of the molecule is CCC[C@@H](CC)OC.Oc1ccc([S+](Cc2ccccc2)c2ccc(O)cc2)cc1. The number of ether oxygens (including phenoxy) is 1. The van der Waals surface area contributed by atoms with Crippen molar-refractivity contribution in [2.45, 2.75) is 54.8 Å². The fourth-order valence-electron chi connectivity index (χ4n) is 3.08. The van der Waals surface area contributed by atoms with E-state index >= 15 is 0 Å². The Morgan fingerprint density at radius 1 is 0.767 bits per heavy atom. The van der Waals surface area contributed by atoms with Crippen molar-refractivity contribution in [3.05, 3.63) is 84.4 Å². The van der Waals surface area contributed by atoms with Crippen LogP contribution in [0.3, 0.4) is 0 Å². The van der Waals surface area contributed by atoms with Crippen molar-refractivity contribution in [2.75, 3.05) is 7.11 Å². The molecule has 0 aliphatic heterocycles. The second-order valence-corrected chi connectivity index (χ2v) is 9.08. The molecular formula is C26H33O3S+. The minimum atomic E-state index is -0.141. The molecule has 30 heavy (non-hydrogen) atoms. The number of methoxy groups -OCH3 is 1. The molecule has 0 heterocycles. The maximum atomic E-state index is 9.51. The van der Waals surface area contributed by atoms with E-state index in [1.165, 1.54) is 28.2 Å². The fourth-order valence-corrected chi connectivity index (χ4v) is 5.14. The standard InChI is InChI=1S/C19H16O2S.C7H16O/c20-16-6-10-18(11-7-16)22(14-15-4-2-1-3-5-15)19-12-8-17(21)9-13-19;1-4-6-7(5-2)8-3/h1-13H,14H2,(H-,20,21);7H,4-6H2,1-3H3/p+1/t;7-/m.1/s1. The molecule has 3 nitrogen and oxygen atoms in total. The van der Waals surface area contributed by atoms with Crippen molar-refractivity contribution >= 4 is 10.9 Å². The first-order chi connectivity index (χ1) is 14.6. The molecule has 0 aliphatic carbocycles. The predicted octanol–water partition coefficient (Wildman–Crippen LogP) is 6.55. The summed E-state index contributed by atoms with van der Waals surface area (Å²) >= 11 is 0. The van der Waals surface area contributed by atoms with Gasteiger partial charge in [0.2, 0.25) is 0 Å². The number of benzene rings is 3. The Labute approximate surface area is 183 Å². The first-order valence-corrected chi connectivity index (χ1v) is 11.8. The van der Waals surface area contributed by atoms with Gasteiger partial charge in [-0.2, -0.15) is 0 Å². The maximum Gasteiger partial charge on any atom is 0.161 e. The van der Waals surface area contributed by atoms with Crippen LogP contribution in [0.1, 0.15) is 38.7 Å². The average Bonchev–Trinajstić information content (AvgIpc) is 2.78. The lowest BCUT2D eigenvalue weighted by Crippen LogP contribution is -2.07. The topological polar surface area (TPSA) is 49.7 Å². The van der Waals surface area contributed by atoms with Crippen molar-refractivity contribution in [1.82, 2.24) is 0 Å². The van der Waals surface area contributed by atoms with E-state index in [1.54, 1.807) is 31.4 Å². The van der Waals surface area contributed by atoms with Crippen LogP contribution in [0.25, 0.3) is 0 Å². The quantitative estimate of drug-likeness (QED) is 0.403. The molecule has 0 saturated carbocycles. The lowest BCUT2D eigenvalue weighted by Gasteiger charge is -2.09. The van der Waals surface area contributed by atoms with Crippen LogP contribution in [0.4, 0.5) is 0 Å². The highest BCUT2D eigenvalue weighted by Gasteiger charge is 2.25. The maximum absolute atomic E-state index is 9.51. The molecule has 0 aliphatic rings. The number of hydrogen-bond donors (Lipinski definition) is 2. The first-order valence-electron chi connectivity index (χ1n) is 10.4. The summed E-state index contributed by atoms with van der Waals surface area (Å²) in [5.74, 6) is 1.45. The summed E-state index contributed by atoms with van der Waals surface area (Å²) in [6, 6.07) is 25.1. The Hall–Kier alpha value is -2.43. The summed E-state index contributed by atoms with van der Waals surface area (Å²) in [6.45, 7) is 4.34. The Bertz CT molecular complexity index is 783. The van der Waals surface area contributed by atoms with Gasteiger partial charge in [0.15, 0.2) is 9.79 Å². The van der Waals surface area contributed by atoms with Crippen LogP contribution in [-0.2, 0) is 21.4 Å². The molecule has 0 unspecified atom stereocenters. The second kappa shape index (κ2) is 13.0. The number of rotatable bonds is 8. The smallest absolute Gasteiger partial charge is 0.161 e. The van der Waals surface area contributed by atoms with Crippen molar-refractivity contribution < 1.29 is 14.9 Å². The monoisotopic (exact) mass is 425 g/mol. The summed E-state index contributed by atoms with van der Waals surface area (Å²) in [7, 11) is 1.64.